The van der Waals surface area contributed by atoms with E-state index in [1.54, 1.807) is 6.92 Å². The second-order valence-electron chi connectivity index (χ2n) is 5.13. The van der Waals surface area contributed by atoms with Gasteiger partial charge in [0.2, 0.25) is 5.91 Å². The van der Waals surface area contributed by atoms with Gasteiger partial charge in [0, 0.05) is 17.3 Å². The molecule has 5 nitrogen and oxygen atoms in total. The fourth-order valence-electron chi connectivity index (χ4n) is 1.94. The highest BCUT2D eigenvalue weighted by atomic mass is 32.1. The average Bonchev–Trinajstić information content (AvgIpc) is 2.64. The van der Waals surface area contributed by atoms with Crippen LogP contribution < -0.4 is 11.1 Å². The third kappa shape index (κ3) is 5.13. The van der Waals surface area contributed by atoms with Crippen LogP contribution in [0.25, 0.3) is 0 Å². The lowest BCUT2D eigenvalue weighted by molar-refractivity contribution is -0.116. The van der Waals surface area contributed by atoms with Crippen LogP contribution in [0.5, 0.6) is 0 Å². The van der Waals surface area contributed by atoms with Crippen LogP contribution in [0.4, 0.5) is 5.00 Å². The van der Waals surface area contributed by atoms with Gasteiger partial charge in [-0.3, -0.25) is 4.79 Å². The van der Waals surface area contributed by atoms with Gasteiger partial charge in [0.05, 0.1) is 12.2 Å². The molecule has 1 aromatic rings. The first-order chi connectivity index (χ1) is 9.86. The van der Waals surface area contributed by atoms with Gasteiger partial charge in [0.15, 0.2) is 0 Å². The molecule has 1 aromatic heterocycles. The Bertz CT molecular complexity index is 509. The lowest BCUT2D eigenvalue weighted by atomic mass is 10.1. The third-order valence-corrected chi connectivity index (χ3v) is 4.30. The summed E-state index contributed by atoms with van der Waals surface area (Å²) in [7, 11) is 0. The number of nitrogens with one attached hydrogen (secondary N) is 1. The zero-order chi connectivity index (χ0) is 16.0. The number of hydrogen-bond acceptors (Lipinski definition) is 5. The van der Waals surface area contributed by atoms with Crippen molar-refractivity contribution in [2.75, 3.05) is 11.9 Å². The molecule has 1 atom stereocenters. The van der Waals surface area contributed by atoms with E-state index in [2.05, 4.69) is 5.32 Å². The molecule has 0 saturated heterocycles. The molecular weight excluding hydrogens is 288 g/mol. The van der Waals surface area contributed by atoms with Crippen molar-refractivity contribution in [2.45, 2.75) is 53.0 Å². The van der Waals surface area contributed by atoms with Crippen molar-refractivity contribution in [2.24, 2.45) is 5.73 Å². The van der Waals surface area contributed by atoms with E-state index in [1.807, 2.05) is 20.8 Å². The molecule has 1 amide bonds. The number of aryl methyl sites for hydroxylation is 1. The smallest absolute Gasteiger partial charge is 0.341 e. The van der Waals surface area contributed by atoms with Crippen molar-refractivity contribution in [3.63, 3.8) is 0 Å². The highest BCUT2D eigenvalue weighted by Gasteiger charge is 2.21. The van der Waals surface area contributed by atoms with Gasteiger partial charge in [-0.2, -0.15) is 0 Å². The summed E-state index contributed by atoms with van der Waals surface area (Å²) in [5, 5.41) is 3.40. The van der Waals surface area contributed by atoms with Crippen LogP contribution in [-0.2, 0) is 9.53 Å². The van der Waals surface area contributed by atoms with E-state index in [0.717, 1.165) is 23.3 Å². The summed E-state index contributed by atoms with van der Waals surface area (Å²) in [6.45, 7) is 7.79. The predicted molar refractivity (Wildman–Crippen MR) is 85.9 cm³/mol. The molecule has 1 heterocycles. The number of hydrogen-bond donors (Lipinski definition) is 2. The van der Waals surface area contributed by atoms with Gasteiger partial charge in [-0.15, -0.1) is 11.3 Å². The number of nitrogens with two attached hydrogens (primary N) is 1. The molecule has 0 aliphatic carbocycles. The number of esters is 1. The Balaban J connectivity index is 2.76. The van der Waals surface area contributed by atoms with Crippen LogP contribution in [0.2, 0.25) is 0 Å². The van der Waals surface area contributed by atoms with Gasteiger partial charge < -0.3 is 15.8 Å². The molecule has 0 bridgehead atoms. The number of thiophene rings is 1. The zero-order valence-electron chi connectivity index (χ0n) is 13.1. The summed E-state index contributed by atoms with van der Waals surface area (Å²) in [6, 6.07) is 0.0964. The number of carbonyl (C=O) groups is 2. The van der Waals surface area contributed by atoms with Crippen LogP contribution in [0.3, 0.4) is 0 Å². The van der Waals surface area contributed by atoms with Crippen molar-refractivity contribution in [1.29, 1.82) is 0 Å². The molecule has 0 fully saturated rings. The highest BCUT2D eigenvalue weighted by Crippen LogP contribution is 2.33. The molecule has 0 radical (unpaired) electrons. The summed E-state index contributed by atoms with van der Waals surface area (Å²) in [6.07, 6.45) is 1.95. The van der Waals surface area contributed by atoms with E-state index in [9.17, 15) is 9.59 Å². The summed E-state index contributed by atoms with van der Waals surface area (Å²) >= 11 is 1.41. The number of ether oxygens (including phenoxy) is 1. The lowest BCUT2D eigenvalue weighted by Gasteiger charge is -2.08. The third-order valence-electron chi connectivity index (χ3n) is 3.18. The molecule has 118 valence electrons. The maximum atomic E-state index is 12.0. The van der Waals surface area contributed by atoms with Crippen LogP contribution in [-0.4, -0.2) is 24.5 Å². The molecule has 0 aliphatic heterocycles. The monoisotopic (exact) mass is 312 g/mol. The fraction of sp³-hybridized carbons (Fsp3) is 0.600. The van der Waals surface area contributed by atoms with E-state index in [1.165, 1.54) is 11.3 Å². The molecule has 0 spiro atoms. The Morgan fingerprint density at radius 2 is 2.05 bits per heavy atom. The van der Waals surface area contributed by atoms with Crippen LogP contribution >= 0.6 is 11.3 Å². The van der Waals surface area contributed by atoms with E-state index in [-0.39, 0.29) is 17.9 Å². The first-order valence-corrected chi connectivity index (χ1v) is 8.01. The molecule has 1 unspecified atom stereocenters. The summed E-state index contributed by atoms with van der Waals surface area (Å²) in [5.74, 6) is -0.479. The summed E-state index contributed by atoms with van der Waals surface area (Å²) in [5.41, 5.74) is 7.00. The second kappa shape index (κ2) is 8.14. The topological polar surface area (TPSA) is 81.4 Å². The highest BCUT2D eigenvalue weighted by molar-refractivity contribution is 7.16. The summed E-state index contributed by atoms with van der Waals surface area (Å²) in [4.78, 5) is 25.0. The average molecular weight is 312 g/mol. The number of rotatable bonds is 7. The lowest BCUT2D eigenvalue weighted by Crippen LogP contribution is -2.17. The molecule has 3 N–H and O–H groups in total. The SMILES string of the molecule is CCOC(=O)c1c(NC(=O)CCCC(C)N)sc(C)c1C. The van der Waals surface area contributed by atoms with E-state index >= 15 is 0 Å². The minimum atomic E-state index is -0.384. The number of anilines is 1. The Labute approximate surface area is 129 Å². The Morgan fingerprint density at radius 3 is 2.62 bits per heavy atom. The van der Waals surface area contributed by atoms with Crippen molar-refractivity contribution < 1.29 is 14.3 Å². The van der Waals surface area contributed by atoms with Crippen LogP contribution in [0.15, 0.2) is 0 Å². The van der Waals surface area contributed by atoms with Crippen molar-refractivity contribution >= 4 is 28.2 Å². The maximum Gasteiger partial charge on any atom is 0.341 e. The summed E-state index contributed by atoms with van der Waals surface area (Å²) < 4.78 is 5.06. The molecule has 0 aliphatic rings. The van der Waals surface area contributed by atoms with Gasteiger partial charge in [-0.25, -0.2) is 4.79 Å². The predicted octanol–water partition coefficient (Wildman–Crippen LogP) is 3.00. The Hall–Kier alpha value is -1.40. The quantitative estimate of drug-likeness (QED) is 0.758. The van der Waals surface area contributed by atoms with Gasteiger partial charge in [0.25, 0.3) is 0 Å². The number of carbonyl (C=O) groups excluding carboxylic acids is 2. The molecule has 6 heteroatoms. The second-order valence-corrected chi connectivity index (χ2v) is 6.35. The first kappa shape index (κ1) is 17.7. The van der Waals surface area contributed by atoms with Crippen molar-refractivity contribution in [3.8, 4) is 0 Å². The first-order valence-electron chi connectivity index (χ1n) is 7.19. The minimum Gasteiger partial charge on any atom is -0.462 e. The van der Waals surface area contributed by atoms with Gasteiger partial charge >= 0.3 is 5.97 Å². The van der Waals surface area contributed by atoms with E-state index in [0.29, 0.717) is 23.6 Å². The van der Waals surface area contributed by atoms with E-state index < -0.39 is 0 Å². The largest absolute Gasteiger partial charge is 0.462 e. The van der Waals surface area contributed by atoms with Crippen LogP contribution in [0, 0.1) is 13.8 Å². The fourth-order valence-corrected chi connectivity index (χ4v) is 3.00. The Morgan fingerprint density at radius 1 is 1.38 bits per heavy atom. The molecular formula is C15H24N2O3S. The maximum absolute atomic E-state index is 12.0. The minimum absolute atomic E-state index is 0.0950. The Kier molecular flexibility index (Phi) is 6.84. The normalized spacial score (nSPS) is 12.0. The molecule has 0 saturated carbocycles. The zero-order valence-corrected chi connectivity index (χ0v) is 13.9. The van der Waals surface area contributed by atoms with Gasteiger partial charge in [-0.1, -0.05) is 0 Å². The van der Waals surface area contributed by atoms with Crippen molar-refractivity contribution in [1.82, 2.24) is 0 Å². The van der Waals surface area contributed by atoms with Crippen molar-refractivity contribution in [3.05, 3.63) is 16.0 Å². The molecule has 0 aromatic carbocycles. The van der Waals surface area contributed by atoms with E-state index in [4.69, 9.17) is 10.5 Å². The molecule has 21 heavy (non-hydrogen) atoms. The number of amides is 1. The van der Waals surface area contributed by atoms with Gasteiger partial charge in [-0.05, 0) is 46.1 Å². The molecule has 1 rings (SSSR count). The standard InChI is InChI=1S/C15H24N2O3S/c1-5-20-15(19)13-10(3)11(4)21-14(13)17-12(18)8-6-7-9(2)16/h9H,5-8,16H2,1-4H3,(H,17,18). The van der Waals surface area contributed by atoms with Crippen LogP contribution in [0.1, 0.15) is 53.9 Å². The van der Waals surface area contributed by atoms with Gasteiger partial charge in [0.1, 0.15) is 5.00 Å².